The predicted molar refractivity (Wildman–Crippen MR) is 26.7 cm³/mol. The summed E-state index contributed by atoms with van der Waals surface area (Å²) in [4.78, 5) is 0. The summed E-state index contributed by atoms with van der Waals surface area (Å²) in [5, 5.41) is 8.18. The van der Waals surface area contributed by atoms with Crippen molar-refractivity contribution >= 4 is 0 Å². The van der Waals surface area contributed by atoms with Gasteiger partial charge in [0.2, 0.25) is 0 Å². The van der Waals surface area contributed by atoms with E-state index >= 15 is 0 Å². The fourth-order valence-electron chi connectivity index (χ4n) is 0.153. The molecule has 0 unspecified atom stereocenters. The van der Waals surface area contributed by atoms with Crippen LogP contribution in [-0.2, 0) is 0 Å². The lowest BCUT2D eigenvalue weighted by atomic mass is 10.5. The van der Waals surface area contributed by atoms with Gasteiger partial charge in [-0.2, -0.15) is 0 Å². The second-order valence-electron chi connectivity index (χ2n) is 1.04. The van der Waals surface area contributed by atoms with Gasteiger partial charge in [-0.3, -0.25) is 5.84 Å². The third-order valence-electron chi connectivity index (χ3n) is 0.451. The molecule has 0 spiro atoms. The van der Waals surface area contributed by atoms with Crippen LogP contribution in [0.25, 0.3) is 0 Å². The van der Waals surface area contributed by atoms with Crippen molar-refractivity contribution in [3.63, 3.8) is 0 Å². The molecule has 0 aliphatic heterocycles. The van der Waals surface area contributed by atoms with Gasteiger partial charge in [0.25, 0.3) is 0 Å². The van der Waals surface area contributed by atoms with Crippen molar-refractivity contribution in [2.75, 3.05) is 6.61 Å². The van der Waals surface area contributed by atoms with E-state index in [0.717, 1.165) is 0 Å². The Labute approximate surface area is 41.8 Å². The average Bonchev–Trinajstić information content (AvgIpc) is 1.68. The van der Waals surface area contributed by atoms with Gasteiger partial charge in [0.15, 0.2) is 0 Å². The lowest BCUT2D eigenvalue weighted by Gasteiger charge is -1.91. The van der Waals surface area contributed by atoms with E-state index in [9.17, 15) is 0 Å². The van der Waals surface area contributed by atoms with Crippen molar-refractivity contribution in [3.05, 3.63) is 11.9 Å². The van der Waals surface area contributed by atoms with Crippen LogP contribution >= 0.6 is 0 Å². The Kier molecular flexibility index (Phi) is 3.09. The van der Waals surface area contributed by atoms with Gasteiger partial charge in [0, 0.05) is 6.20 Å². The topological polar surface area (TPSA) is 84.3 Å². The van der Waals surface area contributed by atoms with Crippen molar-refractivity contribution in [3.8, 4) is 0 Å². The van der Waals surface area contributed by atoms with Gasteiger partial charge in [0.05, 0.1) is 12.3 Å². The average molecular weight is 103 g/mol. The molecule has 0 aromatic heterocycles. The number of aliphatic hydroxyl groups is 1. The SMILES string of the molecule is NN/C=C(\N)CO. The molecular weight excluding hydrogens is 94.1 g/mol. The minimum absolute atomic E-state index is 0.163. The summed E-state index contributed by atoms with van der Waals surface area (Å²) in [5.41, 5.74) is 7.55. The maximum atomic E-state index is 8.18. The lowest BCUT2D eigenvalue weighted by molar-refractivity contribution is 0.329. The van der Waals surface area contributed by atoms with Gasteiger partial charge in [-0.25, -0.2) is 0 Å². The molecule has 6 N–H and O–H groups in total. The standard InChI is InChI=1S/C3H9N3O/c4-3(2-7)1-6-5/h1,6-7H,2,4-5H2/b3-1-. The van der Waals surface area contributed by atoms with Crippen LogP contribution in [0.4, 0.5) is 0 Å². The smallest absolute Gasteiger partial charge is 0.0840 e. The van der Waals surface area contributed by atoms with Crippen LogP contribution in [0, 0.1) is 0 Å². The second-order valence-corrected chi connectivity index (χ2v) is 1.04. The number of nitrogens with one attached hydrogen (secondary N) is 1. The summed E-state index contributed by atoms with van der Waals surface area (Å²) in [6.07, 6.45) is 1.32. The minimum Gasteiger partial charge on any atom is -0.399 e. The Morgan fingerprint density at radius 1 is 1.86 bits per heavy atom. The Bertz CT molecular complexity index is 70.6. The van der Waals surface area contributed by atoms with Crippen LogP contribution in [0.3, 0.4) is 0 Å². The normalized spacial score (nSPS) is 11.4. The van der Waals surface area contributed by atoms with E-state index in [0.29, 0.717) is 5.70 Å². The fraction of sp³-hybridized carbons (Fsp3) is 0.333. The maximum Gasteiger partial charge on any atom is 0.0840 e. The molecule has 0 heterocycles. The van der Waals surface area contributed by atoms with Crippen molar-refractivity contribution in [2.45, 2.75) is 0 Å². The molecule has 42 valence electrons. The molecular formula is C3H9N3O. The molecule has 0 aromatic rings. The van der Waals surface area contributed by atoms with E-state index in [1.165, 1.54) is 6.20 Å². The highest BCUT2D eigenvalue weighted by atomic mass is 16.3. The van der Waals surface area contributed by atoms with Crippen LogP contribution < -0.4 is 17.0 Å². The molecule has 0 amide bonds. The zero-order chi connectivity index (χ0) is 5.70. The molecule has 4 nitrogen and oxygen atoms in total. The molecule has 0 fully saturated rings. The molecule has 0 radical (unpaired) electrons. The van der Waals surface area contributed by atoms with Crippen molar-refractivity contribution in [1.82, 2.24) is 5.43 Å². The van der Waals surface area contributed by atoms with E-state index in [4.69, 9.17) is 16.7 Å². The highest BCUT2D eigenvalue weighted by Crippen LogP contribution is 1.71. The number of rotatable bonds is 2. The molecule has 0 saturated heterocycles. The maximum absolute atomic E-state index is 8.18. The van der Waals surface area contributed by atoms with E-state index < -0.39 is 0 Å². The summed E-state index contributed by atoms with van der Waals surface area (Å²) in [5.74, 6) is 4.79. The molecule has 0 aliphatic carbocycles. The highest BCUT2D eigenvalue weighted by molar-refractivity contribution is 4.92. The lowest BCUT2D eigenvalue weighted by Crippen LogP contribution is -2.17. The Morgan fingerprint density at radius 2 is 2.43 bits per heavy atom. The van der Waals surface area contributed by atoms with Gasteiger partial charge in [-0.1, -0.05) is 0 Å². The first-order valence-electron chi connectivity index (χ1n) is 1.82. The van der Waals surface area contributed by atoms with Gasteiger partial charge in [-0.05, 0) is 0 Å². The quantitative estimate of drug-likeness (QED) is 0.246. The third kappa shape index (κ3) is 3.08. The van der Waals surface area contributed by atoms with E-state index in [1.54, 1.807) is 0 Å². The van der Waals surface area contributed by atoms with E-state index in [-0.39, 0.29) is 6.61 Å². The zero-order valence-corrected chi connectivity index (χ0v) is 3.89. The van der Waals surface area contributed by atoms with Crippen molar-refractivity contribution < 1.29 is 5.11 Å². The van der Waals surface area contributed by atoms with E-state index in [1.807, 2.05) is 0 Å². The third-order valence-corrected chi connectivity index (χ3v) is 0.451. The predicted octanol–water partition coefficient (Wildman–Crippen LogP) is -1.76. The van der Waals surface area contributed by atoms with Gasteiger partial charge >= 0.3 is 0 Å². The Balaban J connectivity index is 3.29. The number of aliphatic hydroxyl groups excluding tert-OH is 1. The number of nitrogens with two attached hydrogens (primary N) is 2. The summed E-state index contributed by atoms with van der Waals surface area (Å²) >= 11 is 0. The first-order valence-corrected chi connectivity index (χ1v) is 1.82. The van der Waals surface area contributed by atoms with Crippen LogP contribution in [-0.4, -0.2) is 11.7 Å². The van der Waals surface area contributed by atoms with Gasteiger partial charge in [-0.15, -0.1) is 0 Å². The van der Waals surface area contributed by atoms with Crippen molar-refractivity contribution in [2.24, 2.45) is 11.6 Å². The van der Waals surface area contributed by atoms with Crippen LogP contribution in [0.5, 0.6) is 0 Å². The van der Waals surface area contributed by atoms with Crippen molar-refractivity contribution in [1.29, 1.82) is 0 Å². The fourth-order valence-corrected chi connectivity index (χ4v) is 0.153. The van der Waals surface area contributed by atoms with Gasteiger partial charge < -0.3 is 16.3 Å². The monoisotopic (exact) mass is 103 g/mol. The minimum atomic E-state index is -0.163. The Hall–Kier alpha value is -0.740. The number of hydrogen-bond acceptors (Lipinski definition) is 4. The van der Waals surface area contributed by atoms with Crippen LogP contribution in [0.15, 0.2) is 11.9 Å². The summed E-state index contributed by atoms with van der Waals surface area (Å²) < 4.78 is 0. The summed E-state index contributed by atoms with van der Waals surface area (Å²) in [7, 11) is 0. The van der Waals surface area contributed by atoms with Crippen LogP contribution in [0.2, 0.25) is 0 Å². The Morgan fingerprint density at radius 3 is 2.57 bits per heavy atom. The van der Waals surface area contributed by atoms with Gasteiger partial charge in [0.1, 0.15) is 0 Å². The first kappa shape index (κ1) is 6.26. The molecule has 0 aliphatic rings. The molecule has 0 saturated carbocycles. The van der Waals surface area contributed by atoms with E-state index in [2.05, 4.69) is 5.43 Å². The molecule has 7 heavy (non-hydrogen) atoms. The first-order chi connectivity index (χ1) is 3.31. The zero-order valence-electron chi connectivity index (χ0n) is 3.89. The van der Waals surface area contributed by atoms with Crippen LogP contribution in [0.1, 0.15) is 0 Å². The molecule has 0 bridgehead atoms. The molecule has 0 aromatic carbocycles. The number of hydrazine groups is 1. The number of hydrogen-bond donors (Lipinski definition) is 4. The molecule has 4 heteroatoms. The summed E-state index contributed by atoms with van der Waals surface area (Å²) in [6.45, 7) is -0.163. The summed E-state index contributed by atoms with van der Waals surface area (Å²) in [6, 6.07) is 0. The largest absolute Gasteiger partial charge is 0.399 e. The highest BCUT2D eigenvalue weighted by Gasteiger charge is 1.78. The second kappa shape index (κ2) is 3.45. The molecule has 0 rings (SSSR count). The molecule has 0 atom stereocenters.